The molecule has 0 saturated heterocycles. The van der Waals surface area contributed by atoms with Gasteiger partial charge in [-0.1, -0.05) is 0 Å². The molecule has 2 rings (SSSR count). The number of hydrogen-bond donors (Lipinski definition) is 2. The van der Waals surface area contributed by atoms with Gasteiger partial charge in [-0.15, -0.1) is 5.10 Å². The topological polar surface area (TPSA) is 94.2 Å². The van der Waals surface area contributed by atoms with Crippen molar-refractivity contribution in [1.82, 2.24) is 19.9 Å². The molecular formula is C13H20N6O2S. The van der Waals surface area contributed by atoms with Crippen LogP contribution < -0.4 is 14.5 Å². The Morgan fingerprint density at radius 3 is 2.23 bits per heavy atom. The van der Waals surface area contributed by atoms with Crippen molar-refractivity contribution in [3.63, 3.8) is 0 Å². The minimum Gasteiger partial charge on any atom is -0.378 e. The summed E-state index contributed by atoms with van der Waals surface area (Å²) in [6.45, 7) is 0.0542. The van der Waals surface area contributed by atoms with Gasteiger partial charge >= 0.3 is 0 Å². The summed E-state index contributed by atoms with van der Waals surface area (Å²) in [5.41, 5.74) is 0.935. The van der Waals surface area contributed by atoms with Crippen LogP contribution in [-0.2, 0) is 16.6 Å². The second kappa shape index (κ2) is 6.32. The van der Waals surface area contributed by atoms with E-state index in [2.05, 4.69) is 19.9 Å². The van der Waals surface area contributed by atoms with Gasteiger partial charge in [0.1, 0.15) is 5.82 Å². The first kappa shape index (κ1) is 16.2. The zero-order chi connectivity index (χ0) is 16.3. The normalized spacial score (nSPS) is 11.5. The summed E-state index contributed by atoms with van der Waals surface area (Å²) >= 11 is 0. The number of hydrogen-bond acceptors (Lipinski definition) is 6. The average molecular weight is 324 g/mol. The molecule has 1 heterocycles. The van der Waals surface area contributed by atoms with E-state index in [-0.39, 0.29) is 11.4 Å². The molecule has 0 radical (unpaired) electrons. The summed E-state index contributed by atoms with van der Waals surface area (Å²) in [6.07, 6.45) is 0. The monoisotopic (exact) mass is 324 g/mol. The molecule has 2 aromatic rings. The molecule has 0 saturated carbocycles. The van der Waals surface area contributed by atoms with Gasteiger partial charge in [-0.05, 0) is 24.3 Å². The zero-order valence-electron chi connectivity index (χ0n) is 13.0. The smallest absolute Gasteiger partial charge is 0.244 e. The van der Waals surface area contributed by atoms with Crippen LogP contribution in [0.3, 0.4) is 0 Å². The van der Waals surface area contributed by atoms with Gasteiger partial charge in [-0.2, -0.15) is 4.98 Å². The van der Waals surface area contributed by atoms with Crippen molar-refractivity contribution in [3.05, 3.63) is 30.1 Å². The van der Waals surface area contributed by atoms with Gasteiger partial charge in [0.25, 0.3) is 0 Å². The highest BCUT2D eigenvalue weighted by Gasteiger charge is 2.15. The third-order valence-corrected chi connectivity index (χ3v) is 4.43. The number of aromatic nitrogens is 3. The van der Waals surface area contributed by atoms with Crippen LogP contribution in [0.5, 0.6) is 0 Å². The van der Waals surface area contributed by atoms with E-state index in [1.54, 1.807) is 29.2 Å². The van der Waals surface area contributed by atoms with Crippen molar-refractivity contribution in [3.8, 4) is 0 Å². The molecule has 0 unspecified atom stereocenters. The lowest BCUT2D eigenvalue weighted by Gasteiger charge is -2.12. The Morgan fingerprint density at radius 2 is 1.73 bits per heavy atom. The van der Waals surface area contributed by atoms with Gasteiger partial charge < -0.3 is 9.80 Å². The Morgan fingerprint density at radius 1 is 1.09 bits per heavy atom. The second-order valence-corrected chi connectivity index (χ2v) is 6.96. The van der Waals surface area contributed by atoms with Crippen molar-refractivity contribution < 1.29 is 8.42 Å². The molecule has 8 nitrogen and oxygen atoms in total. The lowest BCUT2D eigenvalue weighted by molar-refractivity contribution is 0.579. The van der Waals surface area contributed by atoms with Crippen LogP contribution in [0.25, 0.3) is 0 Å². The molecule has 120 valence electrons. The van der Waals surface area contributed by atoms with E-state index in [9.17, 15) is 8.42 Å². The Hall–Kier alpha value is -2.13. The summed E-state index contributed by atoms with van der Waals surface area (Å²) in [4.78, 5) is 8.02. The van der Waals surface area contributed by atoms with Crippen molar-refractivity contribution >= 4 is 21.7 Å². The summed E-state index contributed by atoms with van der Waals surface area (Å²) < 4.78 is 27.0. The summed E-state index contributed by atoms with van der Waals surface area (Å²) in [7, 11) is 3.83. The maximum Gasteiger partial charge on any atom is 0.244 e. The lowest BCUT2D eigenvalue weighted by atomic mass is 10.3. The van der Waals surface area contributed by atoms with Gasteiger partial charge in [0.05, 0.1) is 11.4 Å². The SMILES string of the molecule is CN(C)c1ccc(S(=O)(=O)NCc2nc(N(C)C)n[nH]2)cc1. The Balaban J connectivity index is 2.07. The van der Waals surface area contributed by atoms with Crippen LogP contribution in [0.1, 0.15) is 5.82 Å². The van der Waals surface area contributed by atoms with E-state index in [1.807, 2.05) is 33.1 Å². The van der Waals surface area contributed by atoms with E-state index in [0.717, 1.165) is 5.69 Å². The Bertz CT molecular complexity index is 721. The van der Waals surface area contributed by atoms with Gasteiger partial charge in [0, 0.05) is 33.9 Å². The number of anilines is 2. The first-order chi connectivity index (χ1) is 10.3. The average Bonchev–Trinajstić information content (AvgIpc) is 2.94. The van der Waals surface area contributed by atoms with Crippen LogP contribution >= 0.6 is 0 Å². The van der Waals surface area contributed by atoms with Crippen molar-refractivity contribution in [2.24, 2.45) is 0 Å². The Kier molecular flexibility index (Phi) is 4.67. The number of sulfonamides is 1. The molecule has 1 aromatic heterocycles. The fraction of sp³-hybridized carbons (Fsp3) is 0.385. The first-order valence-corrected chi connectivity index (χ1v) is 8.13. The van der Waals surface area contributed by atoms with Crippen molar-refractivity contribution in [1.29, 1.82) is 0 Å². The molecular weight excluding hydrogens is 304 g/mol. The zero-order valence-corrected chi connectivity index (χ0v) is 13.8. The van der Waals surface area contributed by atoms with Crippen LogP contribution in [0.15, 0.2) is 29.2 Å². The van der Waals surface area contributed by atoms with Crippen molar-refractivity contribution in [2.75, 3.05) is 38.0 Å². The molecule has 0 atom stereocenters. The van der Waals surface area contributed by atoms with E-state index >= 15 is 0 Å². The van der Waals surface area contributed by atoms with Crippen LogP contribution in [-0.4, -0.2) is 51.8 Å². The van der Waals surface area contributed by atoms with Crippen LogP contribution in [0.4, 0.5) is 11.6 Å². The number of H-pyrrole nitrogens is 1. The molecule has 0 aliphatic rings. The van der Waals surface area contributed by atoms with Crippen LogP contribution in [0.2, 0.25) is 0 Å². The molecule has 0 fully saturated rings. The van der Waals surface area contributed by atoms with Gasteiger partial charge in [0.2, 0.25) is 16.0 Å². The minimum absolute atomic E-state index is 0.0542. The first-order valence-electron chi connectivity index (χ1n) is 6.65. The van der Waals surface area contributed by atoms with Gasteiger partial charge in [0.15, 0.2) is 0 Å². The molecule has 1 aromatic carbocycles. The molecule has 0 aliphatic heterocycles. The van der Waals surface area contributed by atoms with E-state index in [0.29, 0.717) is 11.8 Å². The number of rotatable bonds is 6. The molecule has 0 spiro atoms. The second-order valence-electron chi connectivity index (χ2n) is 5.19. The standard InChI is InChI=1S/C13H20N6O2S/c1-18(2)10-5-7-11(8-6-10)22(20,21)14-9-12-15-13(17-16-12)19(3)4/h5-8,14H,9H2,1-4H3,(H,15,16,17). The van der Waals surface area contributed by atoms with Gasteiger partial charge in [-0.3, -0.25) is 5.10 Å². The fourth-order valence-electron chi connectivity index (χ4n) is 1.73. The third-order valence-electron chi connectivity index (χ3n) is 3.01. The highest BCUT2D eigenvalue weighted by atomic mass is 32.2. The minimum atomic E-state index is -3.58. The molecule has 22 heavy (non-hydrogen) atoms. The maximum absolute atomic E-state index is 12.2. The molecule has 0 bridgehead atoms. The predicted molar refractivity (Wildman–Crippen MR) is 85.5 cm³/mol. The molecule has 0 aliphatic carbocycles. The highest BCUT2D eigenvalue weighted by molar-refractivity contribution is 7.89. The molecule has 9 heteroatoms. The predicted octanol–water partition coefficient (Wildman–Crippen LogP) is 0.415. The molecule has 2 N–H and O–H groups in total. The van der Waals surface area contributed by atoms with Crippen molar-refractivity contribution in [2.45, 2.75) is 11.4 Å². The van der Waals surface area contributed by atoms with E-state index in [4.69, 9.17) is 0 Å². The summed E-state index contributed by atoms with van der Waals surface area (Å²) in [5, 5.41) is 6.67. The number of benzene rings is 1. The number of nitrogens with zero attached hydrogens (tertiary/aromatic N) is 4. The summed E-state index contributed by atoms with van der Waals surface area (Å²) in [6, 6.07) is 6.66. The van der Waals surface area contributed by atoms with E-state index in [1.165, 1.54) is 0 Å². The van der Waals surface area contributed by atoms with Gasteiger partial charge in [-0.25, -0.2) is 13.1 Å². The largest absolute Gasteiger partial charge is 0.378 e. The lowest BCUT2D eigenvalue weighted by Crippen LogP contribution is -2.24. The Labute approximate surface area is 130 Å². The third kappa shape index (κ3) is 3.74. The quantitative estimate of drug-likeness (QED) is 0.799. The fourth-order valence-corrected chi connectivity index (χ4v) is 2.72. The maximum atomic E-state index is 12.2. The van der Waals surface area contributed by atoms with E-state index < -0.39 is 10.0 Å². The van der Waals surface area contributed by atoms with Crippen LogP contribution in [0, 0.1) is 0 Å². The molecule has 0 amide bonds. The highest BCUT2D eigenvalue weighted by Crippen LogP contribution is 2.16. The summed E-state index contributed by atoms with van der Waals surface area (Å²) in [5.74, 6) is 0.960. The number of aromatic amines is 1. The number of nitrogens with one attached hydrogen (secondary N) is 2.